The Morgan fingerprint density at radius 2 is 1.76 bits per heavy atom. The fraction of sp³-hybridized carbons (Fsp3) is 0.294. The Morgan fingerprint density at radius 1 is 1.14 bits per heavy atom. The zero-order valence-corrected chi connectivity index (χ0v) is 13.9. The van der Waals surface area contributed by atoms with Gasteiger partial charge in [0.05, 0.1) is 0 Å². The number of rotatable bonds is 4. The first-order chi connectivity index (χ1) is 9.90. The van der Waals surface area contributed by atoms with Crippen LogP contribution in [0.25, 0.3) is 0 Å². The molecule has 0 aliphatic carbocycles. The highest BCUT2D eigenvalue weighted by molar-refractivity contribution is 6.35. The Hall–Kier alpha value is -1.38. The molecule has 2 aromatic carbocycles. The molecule has 0 saturated carbocycles. The third-order valence-corrected chi connectivity index (χ3v) is 4.16. The number of anilines is 1. The zero-order chi connectivity index (χ0) is 15.6. The first kappa shape index (κ1) is 16.0. The van der Waals surface area contributed by atoms with Gasteiger partial charge in [-0.1, -0.05) is 43.1 Å². The van der Waals surface area contributed by atoms with E-state index in [0.717, 1.165) is 28.1 Å². The summed E-state index contributed by atoms with van der Waals surface area (Å²) in [5.74, 6) is 1.15. The van der Waals surface area contributed by atoms with E-state index >= 15 is 0 Å². The molecule has 4 heteroatoms. The van der Waals surface area contributed by atoms with Crippen LogP contribution in [0.2, 0.25) is 10.0 Å². The minimum absolute atomic E-state index is 0.324. The van der Waals surface area contributed by atoms with E-state index in [-0.39, 0.29) is 0 Å². The van der Waals surface area contributed by atoms with Gasteiger partial charge in [0.25, 0.3) is 0 Å². The fourth-order valence-electron chi connectivity index (χ4n) is 2.11. The second-order valence-corrected chi connectivity index (χ2v) is 6.20. The van der Waals surface area contributed by atoms with Crippen molar-refractivity contribution in [2.75, 3.05) is 5.73 Å². The molecule has 0 aliphatic heterocycles. The van der Waals surface area contributed by atoms with Crippen molar-refractivity contribution in [3.63, 3.8) is 0 Å². The van der Waals surface area contributed by atoms with Crippen molar-refractivity contribution in [2.24, 2.45) is 0 Å². The highest BCUT2D eigenvalue weighted by Crippen LogP contribution is 2.33. The Bertz CT molecular complexity index is 633. The number of benzene rings is 2. The van der Waals surface area contributed by atoms with E-state index in [1.165, 1.54) is 0 Å². The summed E-state index contributed by atoms with van der Waals surface area (Å²) in [5.41, 5.74) is 9.65. The minimum Gasteiger partial charge on any atom is -0.488 e. The van der Waals surface area contributed by atoms with Gasteiger partial charge in [-0.05, 0) is 48.2 Å². The van der Waals surface area contributed by atoms with Crippen molar-refractivity contribution in [3.05, 3.63) is 57.1 Å². The van der Waals surface area contributed by atoms with Gasteiger partial charge in [0, 0.05) is 21.3 Å². The smallest absolute Gasteiger partial charge is 0.123 e. The van der Waals surface area contributed by atoms with E-state index in [9.17, 15) is 0 Å². The molecule has 0 radical (unpaired) electrons. The molecule has 0 atom stereocenters. The van der Waals surface area contributed by atoms with Crippen LogP contribution in [0.3, 0.4) is 0 Å². The summed E-state index contributed by atoms with van der Waals surface area (Å²) in [4.78, 5) is 0. The third kappa shape index (κ3) is 3.63. The van der Waals surface area contributed by atoms with Gasteiger partial charge < -0.3 is 10.5 Å². The Labute approximate surface area is 135 Å². The molecule has 2 rings (SSSR count). The molecular weight excluding hydrogens is 305 g/mol. The van der Waals surface area contributed by atoms with E-state index in [2.05, 4.69) is 13.8 Å². The molecule has 0 aromatic heterocycles. The van der Waals surface area contributed by atoms with E-state index in [0.29, 0.717) is 22.6 Å². The SMILES string of the molecule is Cc1cc(OCc2c(Cl)cccc2Cl)c(C(C)C)cc1N. The maximum Gasteiger partial charge on any atom is 0.123 e. The van der Waals surface area contributed by atoms with E-state index < -0.39 is 0 Å². The van der Waals surface area contributed by atoms with Gasteiger partial charge in [0.15, 0.2) is 0 Å². The van der Waals surface area contributed by atoms with Gasteiger partial charge in [0.2, 0.25) is 0 Å². The molecule has 0 bridgehead atoms. The van der Waals surface area contributed by atoms with Crippen molar-refractivity contribution in [1.82, 2.24) is 0 Å². The van der Waals surface area contributed by atoms with Crippen LogP contribution in [0.4, 0.5) is 5.69 Å². The summed E-state index contributed by atoms with van der Waals surface area (Å²) in [6, 6.07) is 9.38. The zero-order valence-electron chi connectivity index (χ0n) is 12.4. The molecule has 0 amide bonds. The lowest BCUT2D eigenvalue weighted by Crippen LogP contribution is -2.03. The quantitative estimate of drug-likeness (QED) is 0.744. The largest absolute Gasteiger partial charge is 0.488 e. The molecule has 0 fully saturated rings. The van der Waals surface area contributed by atoms with Gasteiger partial charge >= 0.3 is 0 Å². The fourth-order valence-corrected chi connectivity index (χ4v) is 2.62. The van der Waals surface area contributed by atoms with Crippen LogP contribution >= 0.6 is 23.2 Å². The van der Waals surface area contributed by atoms with Crippen molar-refractivity contribution < 1.29 is 4.74 Å². The Kier molecular flexibility index (Phi) is 5.02. The van der Waals surface area contributed by atoms with Crippen molar-refractivity contribution in [3.8, 4) is 5.75 Å². The summed E-state index contributed by atoms with van der Waals surface area (Å²) in [6.45, 7) is 6.52. The summed E-state index contributed by atoms with van der Waals surface area (Å²) in [5, 5.41) is 1.22. The van der Waals surface area contributed by atoms with Gasteiger partial charge in [-0.2, -0.15) is 0 Å². The number of nitrogen functional groups attached to an aromatic ring is 1. The monoisotopic (exact) mass is 323 g/mol. The highest BCUT2D eigenvalue weighted by Gasteiger charge is 2.12. The normalized spacial score (nSPS) is 11.0. The molecule has 0 saturated heterocycles. The van der Waals surface area contributed by atoms with Crippen LogP contribution in [0.5, 0.6) is 5.75 Å². The van der Waals surface area contributed by atoms with Crippen LogP contribution in [-0.4, -0.2) is 0 Å². The van der Waals surface area contributed by atoms with Gasteiger partial charge in [-0.3, -0.25) is 0 Å². The maximum atomic E-state index is 6.17. The lowest BCUT2D eigenvalue weighted by Gasteiger charge is -2.17. The van der Waals surface area contributed by atoms with Gasteiger partial charge in [-0.15, -0.1) is 0 Å². The minimum atomic E-state index is 0.324. The molecule has 0 unspecified atom stereocenters. The summed E-state index contributed by atoms with van der Waals surface area (Å²) >= 11 is 12.3. The highest BCUT2D eigenvalue weighted by atomic mass is 35.5. The molecular formula is C17H19Cl2NO. The first-order valence-corrected chi connectivity index (χ1v) is 7.61. The van der Waals surface area contributed by atoms with Crippen LogP contribution < -0.4 is 10.5 Å². The van der Waals surface area contributed by atoms with E-state index in [4.69, 9.17) is 33.7 Å². The Balaban J connectivity index is 2.30. The molecule has 21 heavy (non-hydrogen) atoms. The Morgan fingerprint density at radius 3 is 2.33 bits per heavy atom. The number of nitrogens with two attached hydrogens (primary N) is 1. The summed E-state index contributed by atoms with van der Waals surface area (Å²) in [7, 11) is 0. The van der Waals surface area contributed by atoms with E-state index in [1.54, 1.807) is 0 Å². The molecule has 0 heterocycles. The van der Waals surface area contributed by atoms with Crippen molar-refractivity contribution in [2.45, 2.75) is 33.3 Å². The average molecular weight is 324 g/mol. The second kappa shape index (κ2) is 6.59. The first-order valence-electron chi connectivity index (χ1n) is 6.86. The predicted octanol–water partition coefficient (Wildman–Crippen LogP) is 5.59. The van der Waals surface area contributed by atoms with Gasteiger partial charge in [-0.25, -0.2) is 0 Å². The molecule has 2 aromatic rings. The van der Waals surface area contributed by atoms with Crippen molar-refractivity contribution >= 4 is 28.9 Å². The van der Waals surface area contributed by atoms with Crippen LogP contribution in [0.15, 0.2) is 30.3 Å². The maximum absolute atomic E-state index is 6.17. The summed E-state index contributed by atoms with van der Waals surface area (Å²) in [6.07, 6.45) is 0. The van der Waals surface area contributed by atoms with Crippen LogP contribution in [0, 0.1) is 6.92 Å². The van der Waals surface area contributed by atoms with Crippen LogP contribution in [0.1, 0.15) is 36.5 Å². The second-order valence-electron chi connectivity index (χ2n) is 5.39. The molecule has 2 N–H and O–H groups in total. The lowest BCUT2D eigenvalue weighted by molar-refractivity contribution is 0.302. The standard InChI is InChI=1S/C17H19Cl2NO/c1-10(2)12-8-16(20)11(3)7-17(12)21-9-13-14(18)5-4-6-15(13)19/h4-8,10H,9,20H2,1-3H3. The third-order valence-electron chi connectivity index (χ3n) is 3.45. The van der Waals surface area contributed by atoms with Crippen LogP contribution in [-0.2, 0) is 6.61 Å². The van der Waals surface area contributed by atoms with E-state index in [1.807, 2.05) is 37.3 Å². The topological polar surface area (TPSA) is 35.2 Å². The average Bonchev–Trinajstić information content (AvgIpc) is 2.41. The predicted molar refractivity (Wildman–Crippen MR) is 90.5 cm³/mol. The summed E-state index contributed by atoms with van der Waals surface area (Å²) < 4.78 is 5.96. The molecule has 112 valence electrons. The number of halogens is 2. The number of ether oxygens (including phenoxy) is 1. The molecule has 0 aliphatic rings. The number of hydrogen-bond donors (Lipinski definition) is 1. The molecule has 2 nitrogen and oxygen atoms in total. The van der Waals surface area contributed by atoms with Crippen molar-refractivity contribution in [1.29, 1.82) is 0 Å². The van der Waals surface area contributed by atoms with Gasteiger partial charge in [0.1, 0.15) is 12.4 Å². The number of hydrogen-bond acceptors (Lipinski definition) is 2. The lowest BCUT2D eigenvalue weighted by atomic mass is 9.99. The number of aryl methyl sites for hydroxylation is 1. The molecule has 0 spiro atoms.